The average Bonchev–Trinajstić information content (AvgIpc) is 3.29. The van der Waals surface area contributed by atoms with Crippen molar-refractivity contribution in [3.05, 3.63) is 24.3 Å². The quantitative estimate of drug-likeness (QED) is 0.0262. The predicted molar refractivity (Wildman–Crippen MR) is 275 cm³/mol. The first-order chi connectivity index (χ1) is 31.5. The lowest BCUT2D eigenvalue weighted by Crippen LogP contribution is -2.30. The van der Waals surface area contributed by atoms with Crippen LogP contribution in [0.1, 0.15) is 310 Å². The molecular formula is C58H108O6. The van der Waals surface area contributed by atoms with E-state index in [1.807, 2.05) is 0 Å². The normalized spacial score (nSPS) is 12.1. The molecule has 6 heteroatoms. The second kappa shape index (κ2) is 53.5. The van der Waals surface area contributed by atoms with Gasteiger partial charge in [0.2, 0.25) is 0 Å². The Morgan fingerprint density at radius 1 is 0.297 bits per heavy atom. The molecular weight excluding hydrogens is 793 g/mol. The van der Waals surface area contributed by atoms with Gasteiger partial charge >= 0.3 is 17.9 Å². The van der Waals surface area contributed by atoms with Crippen LogP contribution in [0.15, 0.2) is 24.3 Å². The minimum atomic E-state index is -0.769. The van der Waals surface area contributed by atoms with Gasteiger partial charge in [0, 0.05) is 19.3 Å². The highest BCUT2D eigenvalue weighted by atomic mass is 16.6. The molecule has 0 heterocycles. The molecule has 0 bridgehead atoms. The zero-order valence-corrected chi connectivity index (χ0v) is 43.1. The van der Waals surface area contributed by atoms with E-state index in [0.717, 1.165) is 57.8 Å². The molecule has 1 atom stereocenters. The number of unbranched alkanes of at least 4 members (excludes halogenated alkanes) is 37. The van der Waals surface area contributed by atoms with E-state index in [-0.39, 0.29) is 31.1 Å². The van der Waals surface area contributed by atoms with Crippen LogP contribution in [0, 0.1) is 0 Å². The van der Waals surface area contributed by atoms with Crippen molar-refractivity contribution in [2.24, 2.45) is 0 Å². The van der Waals surface area contributed by atoms with Gasteiger partial charge in [0.05, 0.1) is 0 Å². The van der Waals surface area contributed by atoms with Crippen molar-refractivity contribution in [3.8, 4) is 0 Å². The maximum atomic E-state index is 12.8. The minimum absolute atomic E-state index is 0.0691. The van der Waals surface area contributed by atoms with Crippen LogP contribution in [0.25, 0.3) is 0 Å². The van der Waals surface area contributed by atoms with Gasteiger partial charge < -0.3 is 14.2 Å². The third kappa shape index (κ3) is 50.9. The van der Waals surface area contributed by atoms with Gasteiger partial charge in [-0.15, -0.1) is 0 Å². The number of esters is 3. The highest BCUT2D eigenvalue weighted by Crippen LogP contribution is 2.16. The molecule has 0 saturated carbocycles. The molecule has 0 aliphatic rings. The summed E-state index contributed by atoms with van der Waals surface area (Å²) in [7, 11) is 0. The Bertz CT molecular complexity index is 1040. The van der Waals surface area contributed by atoms with Gasteiger partial charge in [-0.1, -0.05) is 244 Å². The molecule has 0 aromatic carbocycles. The van der Waals surface area contributed by atoms with E-state index in [9.17, 15) is 14.4 Å². The van der Waals surface area contributed by atoms with E-state index in [2.05, 4.69) is 45.1 Å². The lowest BCUT2D eigenvalue weighted by atomic mass is 10.0. The van der Waals surface area contributed by atoms with Crippen LogP contribution >= 0.6 is 0 Å². The van der Waals surface area contributed by atoms with E-state index in [1.54, 1.807) is 0 Å². The molecule has 64 heavy (non-hydrogen) atoms. The fourth-order valence-electron chi connectivity index (χ4n) is 8.37. The Balaban J connectivity index is 4.32. The second-order valence-corrected chi connectivity index (χ2v) is 19.2. The van der Waals surface area contributed by atoms with Gasteiger partial charge in [-0.05, 0) is 70.6 Å². The number of ether oxygens (including phenoxy) is 3. The molecule has 0 unspecified atom stereocenters. The van der Waals surface area contributed by atoms with Gasteiger partial charge in [-0.3, -0.25) is 14.4 Å². The first-order valence-electron chi connectivity index (χ1n) is 28.3. The lowest BCUT2D eigenvalue weighted by molar-refractivity contribution is -0.167. The van der Waals surface area contributed by atoms with Crippen LogP contribution in [-0.4, -0.2) is 37.2 Å². The van der Waals surface area contributed by atoms with E-state index in [0.29, 0.717) is 19.3 Å². The standard InChI is InChI=1S/C58H108O6/c1-4-7-10-13-16-19-22-25-27-28-29-30-32-34-37-40-43-46-49-52-58(61)64-55(53-62-56(59)50-47-44-41-38-35-24-21-18-15-12-9-6-3)54-63-57(60)51-48-45-42-39-36-33-31-26-23-20-17-14-11-8-5-2/h20,23,25,27,55H,4-19,21-22,24,26,28-54H2,1-3H3/b23-20-,27-25-/t55-/m0/s1. The van der Waals surface area contributed by atoms with Crippen molar-refractivity contribution in [1.29, 1.82) is 0 Å². The number of allylic oxidation sites excluding steroid dienone is 4. The van der Waals surface area contributed by atoms with Crippen LogP contribution in [0.5, 0.6) is 0 Å². The Hall–Kier alpha value is -2.11. The minimum Gasteiger partial charge on any atom is -0.462 e. The topological polar surface area (TPSA) is 78.9 Å². The zero-order valence-electron chi connectivity index (χ0n) is 43.1. The molecule has 6 nitrogen and oxygen atoms in total. The number of hydrogen-bond acceptors (Lipinski definition) is 6. The number of rotatable bonds is 52. The second-order valence-electron chi connectivity index (χ2n) is 19.2. The van der Waals surface area contributed by atoms with Crippen molar-refractivity contribution in [2.75, 3.05) is 13.2 Å². The van der Waals surface area contributed by atoms with E-state index in [4.69, 9.17) is 14.2 Å². The molecule has 376 valence electrons. The van der Waals surface area contributed by atoms with Crippen molar-refractivity contribution in [1.82, 2.24) is 0 Å². The van der Waals surface area contributed by atoms with Crippen molar-refractivity contribution < 1.29 is 28.6 Å². The van der Waals surface area contributed by atoms with Crippen LogP contribution in [0.4, 0.5) is 0 Å². The van der Waals surface area contributed by atoms with Crippen LogP contribution in [-0.2, 0) is 28.6 Å². The molecule has 0 amide bonds. The van der Waals surface area contributed by atoms with Gasteiger partial charge in [0.1, 0.15) is 13.2 Å². The highest BCUT2D eigenvalue weighted by Gasteiger charge is 2.19. The van der Waals surface area contributed by atoms with Gasteiger partial charge in [0.15, 0.2) is 6.10 Å². The van der Waals surface area contributed by atoms with Crippen molar-refractivity contribution >= 4 is 17.9 Å². The summed E-state index contributed by atoms with van der Waals surface area (Å²) in [6, 6.07) is 0. The maximum absolute atomic E-state index is 12.8. The third-order valence-corrected chi connectivity index (χ3v) is 12.7. The van der Waals surface area contributed by atoms with Gasteiger partial charge in [0.25, 0.3) is 0 Å². The molecule has 0 rings (SSSR count). The summed E-state index contributed by atoms with van der Waals surface area (Å²) in [5, 5.41) is 0. The SMILES string of the molecule is CCCCCC/C=C\CCCCCCCCCC(=O)OC[C@H](COC(=O)CCCCCCCCCCCCCC)OC(=O)CCCCCCCCCCC/C=C\CCCCCCCC. The highest BCUT2D eigenvalue weighted by molar-refractivity contribution is 5.71. The molecule has 0 N–H and O–H groups in total. The molecule has 0 saturated heterocycles. The summed E-state index contributed by atoms with van der Waals surface area (Å²) < 4.78 is 16.9. The van der Waals surface area contributed by atoms with Gasteiger partial charge in [-0.25, -0.2) is 0 Å². The van der Waals surface area contributed by atoms with E-state index >= 15 is 0 Å². The summed E-state index contributed by atoms with van der Waals surface area (Å²) in [5.74, 6) is -0.858. The molecule has 0 fully saturated rings. The summed E-state index contributed by atoms with van der Waals surface area (Å²) in [5.41, 5.74) is 0. The molecule has 0 aliphatic carbocycles. The fourth-order valence-corrected chi connectivity index (χ4v) is 8.37. The van der Waals surface area contributed by atoms with Crippen LogP contribution in [0.2, 0.25) is 0 Å². The summed E-state index contributed by atoms with van der Waals surface area (Å²) >= 11 is 0. The fraction of sp³-hybridized carbons (Fsp3) is 0.879. The van der Waals surface area contributed by atoms with Crippen molar-refractivity contribution in [2.45, 2.75) is 316 Å². The van der Waals surface area contributed by atoms with Crippen molar-refractivity contribution in [3.63, 3.8) is 0 Å². The molecule has 0 radical (unpaired) electrons. The van der Waals surface area contributed by atoms with E-state index < -0.39 is 6.10 Å². The number of hydrogen-bond donors (Lipinski definition) is 0. The monoisotopic (exact) mass is 901 g/mol. The summed E-state index contributed by atoms with van der Waals surface area (Å²) in [6.07, 6.45) is 61.6. The summed E-state index contributed by atoms with van der Waals surface area (Å²) in [4.78, 5) is 38.1. The number of carbonyl (C=O) groups is 3. The Morgan fingerprint density at radius 2 is 0.516 bits per heavy atom. The van der Waals surface area contributed by atoms with Gasteiger partial charge in [-0.2, -0.15) is 0 Å². The molecule has 0 aromatic heterocycles. The van der Waals surface area contributed by atoms with Crippen LogP contribution in [0.3, 0.4) is 0 Å². The first kappa shape index (κ1) is 61.9. The van der Waals surface area contributed by atoms with E-state index in [1.165, 1.54) is 212 Å². The lowest BCUT2D eigenvalue weighted by Gasteiger charge is -2.18. The third-order valence-electron chi connectivity index (χ3n) is 12.7. The maximum Gasteiger partial charge on any atom is 0.306 e. The molecule has 0 aliphatic heterocycles. The Labute approximate surface area is 398 Å². The molecule has 0 spiro atoms. The van der Waals surface area contributed by atoms with Crippen LogP contribution < -0.4 is 0 Å². The Kier molecular flexibility index (Phi) is 51.7. The zero-order chi connectivity index (χ0) is 46.5. The molecule has 0 aromatic rings. The summed E-state index contributed by atoms with van der Waals surface area (Å²) in [6.45, 7) is 6.65. The predicted octanol–water partition coefficient (Wildman–Crippen LogP) is 18.7. The largest absolute Gasteiger partial charge is 0.462 e. The smallest absolute Gasteiger partial charge is 0.306 e. The number of carbonyl (C=O) groups excluding carboxylic acids is 3. The Morgan fingerprint density at radius 3 is 0.797 bits per heavy atom. The first-order valence-corrected chi connectivity index (χ1v) is 28.3. The average molecular weight is 901 g/mol.